The third kappa shape index (κ3) is 2.75. The van der Waals surface area contributed by atoms with Crippen molar-refractivity contribution in [3.05, 3.63) is 52.1 Å². The highest BCUT2D eigenvalue weighted by atomic mass is 16.6. The minimum Gasteiger partial charge on any atom is -0.347 e. The van der Waals surface area contributed by atoms with Crippen molar-refractivity contribution in [1.82, 2.24) is 15.3 Å². The summed E-state index contributed by atoms with van der Waals surface area (Å²) in [6.45, 7) is 0.563. The molecule has 1 amide bonds. The smallest absolute Gasteiger partial charge is 0.269 e. The molecule has 2 heterocycles. The fourth-order valence-corrected chi connectivity index (χ4v) is 2.25. The maximum atomic E-state index is 12.2. The first-order valence-corrected chi connectivity index (χ1v) is 6.43. The normalized spacial score (nSPS) is 17.0. The number of non-ortho nitro benzene ring substituents is 1. The predicted molar refractivity (Wildman–Crippen MR) is 74.6 cm³/mol. The average Bonchev–Trinajstić information content (AvgIpc) is 2.95. The molecule has 0 saturated heterocycles. The highest BCUT2D eigenvalue weighted by Crippen LogP contribution is 2.17. The molecule has 3 N–H and O–H groups in total. The summed E-state index contributed by atoms with van der Waals surface area (Å²) in [6.07, 6.45) is 2.13. The topological polar surface area (TPSA) is 113 Å². The van der Waals surface area contributed by atoms with E-state index in [2.05, 4.69) is 20.6 Å². The molecular weight excluding hydrogens is 274 g/mol. The molecule has 0 spiro atoms. The maximum absolute atomic E-state index is 12.2. The zero-order valence-electron chi connectivity index (χ0n) is 11.0. The van der Waals surface area contributed by atoms with Gasteiger partial charge in [0.25, 0.3) is 5.69 Å². The van der Waals surface area contributed by atoms with Crippen LogP contribution in [0.2, 0.25) is 0 Å². The Bertz CT molecular complexity index is 679. The second-order valence-electron chi connectivity index (χ2n) is 4.76. The number of rotatable bonds is 3. The first-order valence-electron chi connectivity index (χ1n) is 6.43. The van der Waals surface area contributed by atoms with Gasteiger partial charge in [0.1, 0.15) is 0 Å². The number of nitrogens with one attached hydrogen (secondary N) is 3. The van der Waals surface area contributed by atoms with E-state index >= 15 is 0 Å². The van der Waals surface area contributed by atoms with E-state index in [1.54, 1.807) is 6.33 Å². The lowest BCUT2D eigenvalue weighted by atomic mass is 10.0. The molecule has 1 aromatic carbocycles. The molecule has 1 aliphatic heterocycles. The fourth-order valence-electron chi connectivity index (χ4n) is 2.25. The van der Waals surface area contributed by atoms with Crippen molar-refractivity contribution >= 4 is 17.3 Å². The number of H-pyrrole nitrogens is 1. The van der Waals surface area contributed by atoms with Crippen molar-refractivity contribution in [2.75, 3.05) is 5.32 Å². The number of imidazole rings is 1. The molecule has 0 radical (unpaired) electrons. The maximum Gasteiger partial charge on any atom is 0.269 e. The fraction of sp³-hybridized carbons (Fsp3) is 0.231. The molecule has 108 valence electrons. The number of aromatic nitrogens is 2. The van der Waals surface area contributed by atoms with Gasteiger partial charge in [-0.15, -0.1) is 0 Å². The molecule has 0 saturated carbocycles. The molecule has 0 bridgehead atoms. The van der Waals surface area contributed by atoms with Crippen LogP contribution in [0.5, 0.6) is 0 Å². The predicted octanol–water partition coefficient (Wildman–Crippen LogP) is 0.971. The first kappa shape index (κ1) is 13.3. The number of nitrogens with zero attached hydrogens (tertiary/aromatic N) is 2. The Kier molecular flexibility index (Phi) is 3.36. The van der Waals surface area contributed by atoms with E-state index in [1.165, 1.54) is 24.3 Å². The van der Waals surface area contributed by atoms with E-state index in [9.17, 15) is 14.9 Å². The molecule has 3 rings (SSSR count). The largest absolute Gasteiger partial charge is 0.347 e. The van der Waals surface area contributed by atoms with Gasteiger partial charge >= 0.3 is 0 Å². The molecule has 1 atom stereocenters. The summed E-state index contributed by atoms with van der Waals surface area (Å²) in [6, 6.07) is 5.37. The van der Waals surface area contributed by atoms with Crippen molar-refractivity contribution in [3.63, 3.8) is 0 Å². The summed E-state index contributed by atoms with van der Waals surface area (Å²) >= 11 is 0. The third-order valence-electron chi connectivity index (χ3n) is 3.39. The number of hydrogen-bond donors (Lipinski definition) is 3. The van der Waals surface area contributed by atoms with Gasteiger partial charge in [-0.05, 0) is 12.1 Å². The summed E-state index contributed by atoms with van der Waals surface area (Å²) in [5, 5.41) is 16.4. The summed E-state index contributed by atoms with van der Waals surface area (Å²) in [5.41, 5.74) is 2.40. The molecule has 1 unspecified atom stereocenters. The molecule has 1 aromatic heterocycles. The Balaban J connectivity index is 1.65. The number of benzene rings is 1. The minimum atomic E-state index is -0.479. The number of hydrogen-bond acceptors (Lipinski definition) is 5. The van der Waals surface area contributed by atoms with Gasteiger partial charge in [0, 0.05) is 30.8 Å². The molecule has 0 aliphatic carbocycles. The van der Waals surface area contributed by atoms with E-state index in [4.69, 9.17) is 0 Å². The number of fused-ring (bicyclic) bond motifs is 1. The number of anilines is 1. The molecular formula is C13H13N5O3. The van der Waals surface area contributed by atoms with E-state index in [-0.39, 0.29) is 17.6 Å². The Morgan fingerprint density at radius 3 is 2.86 bits per heavy atom. The first-order chi connectivity index (χ1) is 10.1. The van der Waals surface area contributed by atoms with Crippen molar-refractivity contribution in [1.29, 1.82) is 0 Å². The second-order valence-corrected chi connectivity index (χ2v) is 4.76. The standard InChI is InChI=1S/C13H13N5O3/c19-13(11-5-10-12(6-14-11)16-7-15-10)17-8-1-3-9(4-2-8)18(20)21/h1-4,7,11,14H,5-6H2,(H,15,16)(H,17,19). The van der Waals surface area contributed by atoms with Crippen LogP contribution in [0, 0.1) is 10.1 Å². The highest BCUT2D eigenvalue weighted by Gasteiger charge is 2.25. The zero-order chi connectivity index (χ0) is 14.8. The molecule has 1 aliphatic rings. The number of carbonyl (C=O) groups is 1. The van der Waals surface area contributed by atoms with Crippen LogP contribution in [0.3, 0.4) is 0 Å². The van der Waals surface area contributed by atoms with Gasteiger partial charge in [0.2, 0.25) is 5.91 Å². The molecule has 21 heavy (non-hydrogen) atoms. The van der Waals surface area contributed by atoms with Gasteiger partial charge in [-0.3, -0.25) is 20.2 Å². The number of aromatic amines is 1. The number of nitro benzene ring substituents is 1. The monoisotopic (exact) mass is 287 g/mol. The van der Waals surface area contributed by atoms with E-state index in [0.717, 1.165) is 11.4 Å². The van der Waals surface area contributed by atoms with Crippen LogP contribution in [0.4, 0.5) is 11.4 Å². The van der Waals surface area contributed by atoms with Crippen molar-refractivity contribution in [2.45, 2.75) is 19.0 Å². The molecule has 0 fully saturated rings. The van der Waals surface area contributed by atoms with Gasteiger partial charge in [0.05, 0.1) is 28.7 Å². The van der Waals surface area contributed by atoms with Gasteiger partial charge < -0.3 is 10.3 Å². The lowest BCUT2D eigenvalue weighted by Crippen LogP contribution is -2.44. The minimum absolute atomic E-state index is 0.00930. The highest BCUT2D eigenvalue weighted by molar-refractivity contribution is 5.95. The number of amides is 1. The second kappa shape index (κ2) is 5.33. The SMILES string of the molecule is O=C(Nc1ccc([N+](=O)[O-])cc1)C1Cc2nc[nH]c2CN1. The van der Waals surface area contributed by atoms with E-state index < -0.39 is 4.92 Å². The Morgan fingerprint density at radius 1 is 1.38 bits per heavy atom. The summed E-state index contributed by atoms with van der Waals surface area (Å²) in [4.78, 5) is 29.5. The summed E-state index contributed by atoms with van der Waals surface area (Å²) < 4.78 is 0. The molecule has 8 nitrogen and oxygen atoms in total. The lowest BCUT2D eigenvalue weighted by molar-refractivity contribution is -0.384. The van der Waals surface area contributed by atoms with E-state index in [0.29, 0.717) is 18.7 Å². The number of nitro groups is 1. The Hall–Kier alpha value is -2.74. The summed E-state index contributed by atoms with van der Waals surface area (Å²) in [7, 11) is 0. The summed E-state index contributed by atoms with van der Waals surface area (Å²) in [5.74, 6) is -0.183. The number of carbonyl (C=O) groups excluding carboxylic acids is 1. The van der Waals surface area contributed by atoms with Crippen LogP contribution in [-0.4, -0.2) is 26.8 Å². The van der Waals surface area contributed by atoms with Crippen molar-refractivity contribution in [2.24, 2.45) is 0 Å². The lowest BCUT2D eigenvalue weighted by Gasteiger charge is -2.22. The van der Waals surface area contributed by atoms with Crippen LogP contribution in [0.15, 0.2) is 30.6 Å². The quantitative estimate of drug-likeness (QED) is 0.575. The average molecular weight is 287 g/mol. The Labute approximate surface area is 119 Å². The zero-order valence-corrected chi connectivity index (χ0v) is 11.0. The van der Waals surface area contributed by atoms with Crippen molar-refractivity contribution in [3.8, 4) is 0 Å². The van der Waals surface area contributed by atoms with Crippen LogP contribution in [0.25, 0.3) is 0 Å². The van der Waals surface area contributed by atoms with Gasteiger partial charge in [-0.2, -0.15) is 0 Å². The molecule has 8 heteroatoms. The van der Waals surface area contributed by atoms with Crippen LogP contribution in [0.1, 0.15) is 11.4 Å². The molecule has 2 aromatic rings. The van der Waals surface area contributed by atoms with Crippen LogP contribution >= 0.6 is 0 Å². The Morgan fingerprint density at radius 2 is 2.14 bits per heavy atom. The third-order valence-corrected chi connectivity index (χ3v) is 3.39. The van der Waals surface area contributed by atoms with Crippen LogP contribution in [-0.2, 0) is 17.8 Å². The van der Waals surface area contributed by atoms with Gasteiger partial charge in [-0.1, -0.05) is 0 Å². The van der Waals surface area contributed by atoms with Gasteiger partial charge in [0.15, 0.2) is 0 Å². The van der Waals surface area contributed by atoms with Gasteiger partial charge in [-0.25, -0.2) is 4.98 Å². The van der Waals surface area contributed by atoms with Crippen LogP contribution < -0.4 is 10.6 Å². The van der Waals surface area contributed by atoms with E-state index in [1.807, 2.05) is 0 Å². The van der Waals surface area contributed by atoms with Crippen molar-refractivity contribution < 1.29 is 9.72 Å².